The Kier molecular flexibility index (Phi) is 3.13. The van der Waals surface area contributed by atoms with Crippen LogP contribution in [-0.4, -0.2) is 23.8 Å². The van der Waals surface area contributed by atoms with Crippen molar-refractivity contribution in [1.29, 1.82) is 0 Å². The second kappa shape index (κ2) is 4.57. The summed E-state index contributed by atoms with van der Waals surface area (Å²) in [5.74, 6) is 0.422. The summed E-state index contributed by atoms with van der Waals surface area (Å²) in [7, 11) is 1.60. The minimum Gasteiger partial charge on any atom is -0.497 e. The zero-order chi connectivity index (χ0) is 12.4. The Balaban J connectivity index is 2.10. The topological polar surface area (TPSA) is 46.6 Å². The van der Waals surface area contributed by atoms with Crippen molar-refractivity contribution >= 4 is 11.8 Å². The molecule has 1 fully saturated rings. The van der Waals surface area contributed by atoms with Crippen LogP contribution in [0.25, 0.3) is 0 Å². The lowest BCUT2D eigenvalue weighted by molar-refractivity contribution is -0.139. The number of imide groups is 1. The van der Waals surface area contributed by atoms with E-state index in [2.05, 4.69) is 0 Å². The lowest BCUT2D eigenvalue weighted by atomic mass is 10.1. The molecular weight excluding hydrogens is 218 g/mol. The molecule has 90 valence electrons. The highest BCUT2D eigenvalue weighted by atomic mass is 16.5. The largest absolute Gasteiger partial charge is 0.497 e. The fourth-order valence-corrected chi connectivity index (χ4v) is 1.93. The first-order valence-corrected chi connectivity index (χ1v) is 5.59. The molecule has 0 spiro atoms. The van der Waals surface area contributed by atoms with E-state index in [4.69, 9.17) is 4.74 Å². The number of likely N-dealkylation sites (tertiary alicyclic amines) is 1. The molecule has 4 nitrogen and oxygen atoms in total. The van der Waals surface area contributed by atoms with E-state index in [-0.39, 0.29) is 17.7 Å². The van der Waals surface area contributed by atoms with E-state index >= 15 is 0 Å². The van der Waals surface area contributed by atoms with Crippen LogP contribution in [0.15, 0.2) is 24.3 Å². The molecule has 1 saturated heterocycles. The van der Waals surface area contributed by atoms with Crippen LogP contribution in [-0.2, 0) is 16.1 Å². The summed E-state index contributed by atoms with van der Waals surface area (Å²) in [6, 6.07) is 7.37. The molecule has 2 rings (SSSR count). The van der Waals surface area contributed by atoms with Crippen molar-refractivity contribution in [2.45, 2.75) is 19.9 Å². The van der Waals surface area contributed by atoms with E-state index in [0.717, 1.165) is 11.3 Å². The first-order chi connectivity index (χ1) is 8.11. The summed E-state index contributed by atoms with van der Waals surface area (Å²) in [4.78, 5) is 24.7. The van der Waals surface area contributed by atoms with Crippen LogP contribution < -0.4 is 4.74 Å². The number of carbonyl (C=O) groups is 2. The number of nitrogens with zero attached hydrogens (tertiary/aromatic N) is 1. The number of hydrogen-bond donors (Lipinski definition) is 0. The maximum Gasteiger partial charge on any atom is 0.232 e. The Morgan fingerprint density at radius 1 is 1.29 bits per heavy atom. The fraction of sp³-hybridized carbons (Fsp3) is 0.385. The van der Waals surface area contributed by atoms with Crippen molar-refractivity contribution in [3.05, 3.63) is 29.8 Å². The standard InChI is InChI=1S/C13H15NO3/c1-9-7-12(15)14(13(9)16)8-10-3-5-11(17-2)6-4-10/h3-6,9H,7-8H2,1-2H3/t9-/m0/s1. The Morgan fingerprint density at radius 2 is 1.94 bits per heavy atom. The van der Waals surface area contributed by atoms with E-state index in [0.29, 0.717) is 13.0 Å². The molecule has 0 saturated carbocycles. The number of carbonyl (C=O) groups excluding carboxylic acids is 2. The molecule has 1 aliphatic heterocycles. The van der Waals surface area contributed by atoms with Crippen molar-refractivity contribution in [1.82, 2.24) is 4.90 Å². The van der Waals surface area contributed by atoms with E-state index < -0.39 is 0 Å². The molecule has 0 bridgehead atoms. The van der Waals surface area contributed by atoms with Gasteiger partial charge in [0, 0.05) is 12.3 Å². The minimum absolute atomic E-state index is 0.0779. The van der Waals surface area contributed by atoms with Gasteiger partial charge in [-0.1, -0.05) is 19.1 Å². The monoisotopic (exact) mass is 233 g/mol. The van der Waals surface area contributed by atoms with Gasteiger partial charge in [0.15, 0.2) is 0 Å². The number of methoxy groups -OCH3 is 1. The summed E-state index contributed by atoms with van der Waals surface area (Å²) >= 11 is 0. The first-order valence-electron chi connectivity index (χ1n) is 5.59. The van der Waals surface area contributed by atoms with Gasteiger partial charge in [-0.25, -0.2) is 0 Å². The van der Waals surface area contributed by atoms with Crippen LogP contribution in [0, 0.1) is 5.92 Å². The number of hydrogen-bond acceptors (Lipinski definition) is 3. The highest BCUT2D eigenvalue weighted by Gasteiger charge is 2.35. The maximum atomic E-state index is 11.7. The predicted molar refractivity (Wildman–Crippen MR) is 62.3 cm³/mol. The van der Waals surface area contributed by atoms with Crippen molar-refractivity contribution in [2.75, 3.05) is 7.11 Å². The van der Waals surface area contributed by atoms with Gasteiger partial charge in [-0.15, -0.1) is 0 Å². The molecule has 0 aromatic heterocycles. The molecule has 17 heavy (non-hydrogen) atoms. The Bertz CT molecular complexity index is 438. The van der Waals surface area contributed by atoms with Crippen molar-refractivity contribution < 1.29 is 14.3 Å². The normalized spacial score (nSPS) is 19.9. The summed E-state index contributed by atoms with van der Waals surface area (Å²) in [6.45, 7) is 2.14. The predicted octanol–water partition coefficient (Wildman–Crippen LogP) is 1.59. The Morgan fingerprint density at radius 3 is 2.41 bits per heavy atom. The van der Waals surface area contributed by atoms with Gasteiger partial charge in [-0.05, 0) is 17.7 Å². The molecule has 1 aromatic rings. The van der Waals surface area contributed by atoms with Crippen LogP contribution in [0.2, 0.25) is 0 Å². The minimum atomic E-state index is -0.180. The molecule has 4 heteroatoms. The van der Waals surface area contributed by atoms with Crippen molar-refractivity contribution in [2.24, 2.45) is 5.92 Å². The molecule has 1 aromatic carbocycles. The van der Waals surface area contributed by atoms with Crippen LogP contribution in [0.5, 0.6) is 5.75 Å². The van der Waals surface area contributed by atoms with Gasteiger partial charge in [0.25, 0.3) is 0 Å². The Hall–Kier alpha value is -1.84. The van der Waals surface area contributed by atoms with Crippen molar-refractivity contribution in [3.63, 3.8) is 0 Å². The third-order valence-electron chi connectivity index (χ3n) is 2.97. The Labute approximate surface area is 100 Å². The van der Waals surface area contributed by atoms with E-state index in [1.807, 2.05) is 24.3 Å². The first kappa shape index (κ1) is 11.6. The van der Waals surface area contributed by atoms with Gasteiger partial charge < -0.3 is 4.74 Å². The van der Waals surface area contributed by atoms with Gasteiger partial charge in [0.05, 0.1) is 13.7 Å². The lowest BCUT2D eigenvalue weighted by Crippen LogP contribution is -2.29. The average Bonchev–Trinajstić information content (AvgIpc) is 2.57. The molecule has 1 aliphatic rings. The summed E-state index contributed by atoms with van der Waals surface area (Å²) in [5, 5.41) is 0. The molecule has 0 unspecified atom stereocenters. The highest BCUT2D eigenvalue weighted by molar-refractivity contribution is 6.03. The number of amides is 2. The van der Waals surface area contributed by atoms with Crippen LogP contribution in [0.1, 0.15) is 18.9 Å². The second-order valence-corrected chi connectivity index (χ2v) is 4.27. The average molecular weight is 233 g/mol. The number of rotatable bonds is 3. The van der Waals surface area contributed by atoms with Gasteiger partial charge >= 0.3 is 0 Å². The van der Waals surface area contributed by atoms with E-state index in [1.165, 1.54) is 4.90 Å². The smallest absolute Gasteiger partial charge is 0.232 e. The molecule has 0 N–H and O–H groups in total. The number of benzene rings is 1. The summed E-state index contributed by atoms with van der Waals surface area (Å²) in [6.07, 6.45) is 0.328. The molecule has 0 radical (unpaired) electrons. The van der Waals surface area contributed by atoms with Crippen LogP contribution in [0.3, 0.4) is 0 Å². The third kappa shape index (κ3) is 2.30. The van der Waals surface area contributed by atoms with Crippen LogP contribution in [0.4, 0.5) is 0 Å². The molecule has 0 aliphatic carbocycles. The zero-order valence-electron chi connectivity index (χ0n) is 9.97. The fourth-order valence-electron chi connectivity index (χ4n) is 1.93. The quantitative estimate of drug-likeness (QED) is 0.745. The van der Waals surface area contributed by atoms with E-state index in [1.54, 1.807) is 14.0 Å². The summed E-state index contributed by atoms with van der Waals surface area (Å²) in [5.41, 5.74) is 0.932. The van der Waals surface area contributed by atoms with Gasteiger partial charge in [0.2, 0.25) is 11.8 Å². The molecule has 1 heterocycles. The molecular formula is C13H15NO3. The molecule has 1 atom stereocenters. The van der Waals surface area contributed by atoms with Gasteiger partial charge in [0.1, 0.15) is 5.75 Å². The molecule has 2 amide bonds. The van der Waals surface area contributed by atoms with Gasteiger partial charge in [-0.2, -0.15) is 0 Å². The van der Waals surface area contributed by atoms with Crippen molar-refractivity contribution in [3.8, 4) is 5.75 Å². The van der Waals surface area contributed by atoms with E-state index in [9.17, 15) is 9.59 Å². The third-order valence-corrected chi connectivity index (χ3v) is 2.97. The van der Waals surface area contributed by atoms with Gasteiger partial charge in [-0.3, -0.25) is 14.5 Å². The zero-order valence-corrected chi connectivity index (χ0v) is 9.97. The highest BCUT2D eigenvalue weighted by Crippen LogP contribution is 2.21. The second-order valence-electron chi connectivity index (χ2n) is 4.27. The lowest BCUT2D eigenvalue weighted by Gasteiger charge is -2.14. The SMILES string of the molecule is COc1ccc(CN2C(=O)C[C@H](C)C2=O)cc1. The maximum absolute atomic E-state index is 11.7. The van der Waals surface area contributed by atoms with Crippen LogP contribution >= 0.6 is 0 Å². The summed E-state index contributed by atoms with van der Waals surface area (Å²) < 4.78 is 5.05. The number of ether oxygens (including phenoxy) is 1.